The van der Waals surface area contributed by atoms with Crippen LogP contribution in [0.4, 0.5) is 20.6 Å². The summed E-state index contributed by atoms with van der Waals surface area (Å²) in [5, 5.41) is 5.28. The molecule has 0 saturated heterocycles. The number of urea groups is 1. The van der Waals surface area contributed by atoms with Crippen molar-refractivity contribution >= 4 is 29.8 Å². The second kappa shape index (κ2) is 7.47. The van der Waals surface area contributed by atoms with Crippen LogP contribution in [-0.4, -0.2) is 6.03 Å². The molecule has 0 aromatic heterocycles. The van der Waals surface area contributed by atoms with Gasteiger partial charge in [-0.1, -0.05) is 12.1 Å². The fourth-order valence-corrected chi connectivity index (χ4v) is 1.55. The van der Waals surface area contributed by atoms with Gasteiger partial charge in [-0.15, -0.1) is 12.4 Å². The van der Waals surface area contributed by atoms with Gasteiger partial charge in [0.05, 0.1) is 0 Å². The molecule has 106 valence electrons. The van der Waals surface area contributed by atoms with Gasteiger partial charge in [-0.2, -0.15) is 0 Å². The second-order valence-electron chi connectivity index (χ2n) is 3.99. The van der Waals surface area contributed by atoms with Crippen LogP contribution in [0.1, 0.15) is 5.56 Å². The molecule has 0 bridgehead atoms. The Hall–Kier alpha value is -2.11. The third kappa shape index (κ3) is 4.53. The lowest BCUT2D eigenvalue weighted by Gasteiger charge is -2.08. The van der Waals surface area contributed by atoms with Crippen molar-refractivity contribution < 1.29 is 9.18 Å². The lowest BCUT2D eigenvalue weighted by Crippen LogP contribution is -2.19. The van der Waals surface area contributed by atoms with Crippen LogP contribution in [0.2, 0.25) is 0 Å². The molecule has 0 aliphatic heterocycles. The maximum absolute atomic E-state index is 12.7. The highest BCUT2D eigenvalue weighted by atomic mass is 35.5. The van der Waals surface area contributed by atoms with Gasteiger partial charge in [-0.05, 0) is 42.0 Å². The quantitative estimate of drug-likeness (QED) is 0.813. The lowest BCUT2D eigenvalue weighted by atomic mass is 10.2. The van der Waals surface area contributed by atoms with Crippen molar-refractivity contribution in [3.05, 3.63) is 59.9 Å². The molecule has 2 rings (SSSR count). The third-order valence-corrected chi connectivity index (χ3v) is 2.55. The molecule has 4 N–H and O–H groups in total. The molecule has 0 saturated carbocycles. The van der Waals surface area contributed by atoms with E-state index in [1.165, 1.54) is 24.3 Å². The Balaban J connectivity index is 0.00000200. The number of hydrogen-bond acceptors (Lipinski definition) is 2. The van der Waals surface area contributed by atoms with Crippen LogP contribution in [0.25, 0.3) is 0 Å². The minimum absolute atomic E-state index is 0. The first-order chi connectivity index (χ1) is 9.17. The molecule has 0 atom stereocenters. The summed E-state index contributed by atoms with van der Waals surface area (Å²) in [5.41, 5.74) is 7.66. The molecule has 0 radical (unpaired) electrons. The van der Waals surface area contributed by atoms with Gasteiger partial charge in [0.15, 0.2) is 0 Å². The van der Waals surface area contributed by atoms with Gasteiger partial charge in [-0.25, -0.2) is 9.18 Å². The van der Waals surface area contributed by atoms with Crippen molar-refractivity contribution in [3.8, 4) is 0 Å². The summed E-state index contributed by atoms with van der Waals surface area (Å²) in [6.07, 6.45) is 0. The number of carbonyl (C=O) groups is 1. The number of hydrogen-bond donors (Lipinski definition) is 3. The Morgan fingerprint density at radius 3 is 1.85 bits per heavy atom. The smallest absolute Gasteiger partial charge is 0.323 e. The van der Waals surface area contributed by atoms with E-state index in [2.05, 4.69) is 10.6 Å². The SMILES string of the molecule is Cl.NCc1ccc(NC(=O)Nc2ccc(F)cc2)cc1. The number of nitrogens with two attached hydrogens (primary N) is 1. The number of halogens is 2. The van der Waals surface area contributed by atoms with E-state index < -0.39 is 0 Å². The van der Waals surface area contributed by atoms with Gasteiger partial charge in [0.2, 0.25) is 0 Å². The minimum atomic E-state index is -0.382. The zero-order chi connectivity index (χ0) is 13.7. The molecule has 2 aromatic rings. The first kappa shape index (κ1) is 15.9. The maximum Gasteiger partial charge on any atom is 0.323 e. The first-order valence-corrected chi connectivity index (χ1v) is 5.80. The molecule has 0 heterocycles. The predicted molar refractivity (Wildman–Crippen MR) is 80.6 cm³/mol. The lowest BCUT2D eigenvalue weighted by molar-refractivity contribution is 0.262. The van der Waals surface area contributed by atoms with Crippen LogP contribution < -0.4 is 16.4 Å². The summed E-state index contributed by atoms with van der Waals surface area (Å²) in [4.78, 5) is 11.7. The average molecular weight is 296 g/mol. The van der Waals surface area contributed by atoms with Gasteiger partial charge in [0, 0.05) is 17.9 Å². The summed E-state index contributed by atoms with van der Waals surface area (Å²) in [7, 11) is 0. The van der Waals surface area contributed by atoms with Crippen LogP contribution in [0.3, 0.4) is 0 Å². The van der Waals surface area contributed by atoms with E-state index in [-0.39, 0.29) is 24.3 Å². The van der Waals surface area contributed by atoms with Crippen LogP contribution in [0, 0.1) is 5.82 Å². The number of nitrogens with one attached hydrogen (secondary N) is 2. The van der Waals surface area contributed by atoms with E-state index in [4.69, 9.17) is 5.73 Å². The monoisotopic (exact) mass is 295 g/mol. The van der Waals surface area contributed by atoms with Gasteiger partial charge in [-0.3, -0.25) is 0 Å². The molecule has 2 amide bonds. The van der Waals surface area contributed by atoms with Crippen molar-refractivity contribution in [2.45, 2.75) is 6.54 Å². The Kier molecular flexibility index (Phi) is 5.96. The standard InChI is InChI=1S/C14H14FN3O.ClH/c15-11-3-7-13(8-4-11)18-14(19)17-12-5-1-10(9-16)2-6-12;/h1-8H,9,16H2,(H2,17,18,19);1H. The van der Waals surface area contributed by atoms with E-state index in [0.29, 0.717) is 17.9 Å². The van der Waals surface area contributed by atoms with Crippen molar-refractivity contribution in [2.24, 2.45) is 5.73 Å². The zero-order valence-electron chi connectivity index (χ0n) is 10.6. The highest BCUT2D eigenvalue weighted by Crippen LogP contribution is 2.11. The van der Waals surface area contributed by atoms with Crippen molar-refractivity contribution in [1.29, 1.82) is 0 Å². The van der Waals surface area contributed by atoms with Gasteiger partial charge < -0.3 is 16.4 Å². The molecule has 0 unspecified atom stereocenters. The first-order valence-electron chi connectivity index (χ1n) is 5.80. The topological polar surface area (TPSA) is 67.1 Å². The molecule has 6 heteroatoms. The molecule has 0 spiro atoms. The van der Waals surface area contributed by atoms with Crippen LogP contribution in [-0.2, 0) is 6.54 Å². The van der Waals surface area contributed by atoms with Crippen molar-refractivity contribution in [2.75, 3.05) is 10.6 Å². The highest BCUT2D eigenvalue weighted by Gasteiger charge is 2.02. The summed E-state index contributed by atoms with van der Waals surface area (Å²) < 4.78 is 12.7. The number of anilines is 2. The van der Waals surface area contributed by atoms with Gasteiger partial charge >= 0.3 is 6.03 Å². The Morgan fingerprint density at radius 1 is 0.950 bits per heavy atom. The fourth-order valence-electron chi connectivity index (χ4n) is 1.55. The maximum atomic E-state index is 12.7. The molecule has 0 fully saturated rings. The van der Waals surface area contributed by atoms with E-state index >= 15 is 0 Å². The Bertz CT molecular complexity index is 558. The normalized spacial score (nSPS) is 9.50. The summed E-state index contributed by atoms with van der Waals surface area (Å²) in [5.74, 6) is -0.344. The van der Waals surface area contributed by atoms with E-state index in [0.717, 1.165) is 5.56 Å². The van der Waals surface area contributed by atoms with Gasteiger partial charge in [0.1, 0.15) is 5.82 Å². The minimum Gasteiger partial charge on any atom is -0.326 e. The Labute approximate surface area is 122 Å². The summed E-state index contributed by atoms with van der Waals surface area (Å²) in [6.45, 7) is 0.460. The summed E-state index contributed by atoms with van der Waals surface area (Å²) in [6, 6.07) is 12.4. The van der Waals surface area contributed by atoms with E-state index in [9.17, 15) is 9.18 Å². The van der Waals surface area contributed by atoms with Crippen LogP contribution in [0.5, 0.6) is 0 Å². The number of benzene rings is 2. The molecule has 20 heavy (non-hydrogen) atoms. The van der Waals surface area contributed by atoms with Crippen LogP contribution >= 0.6 is 12.4 Å². The predicted octanol–water partition coefficient (Wildman–Crippen LogP) is 3.35. The number of rotatable bonds is 3. The van der Waals surface area contributed by atoms with Crippen molar-refractivity contribution in [1.82, 2.24) is 0 Å². The zero-order valence-corrected chi connectivity index (χ0v) is 11.4. The number of amides is 2. The van der Waals surface area contributed by atoms with E-state index in [1.54, 1.807) is 12.1 Å². The molecular weight excluding hydrogens is 281 g/mol. The molecule has 0 aliphatic carbocycles. The molecule has 4 nitrogen and oxygen atoms in total. The van der Waals surface area contributed by atoms with Gasteiger partial charge in [0.25, 0.3) is 0 Å². The number of carbonyl (C=O) groups excluding carboxylic acids is 1. The fraction of sp³-hybridized carbons (Fsp3) is 0.0714. The molecular formula is C14H15ClFN3O. The second-order valence-corrected chi connectivity index (χ2v) is 3.99. The average Bonchev–Trinajstić information content (AvgIpc) is 2.42. The summed E-state index contributed by atoms with van der Waals surface area (Å²) >= 11 is 0. The highest BCUT2D eigenvalue weighted by molar-refractivity contribution is 5.99. The third-order valence-electron chi connectivity index (χ3n) is 2.55. The van der Waals surface area contributed by atoms with E-state index in [1.807, 2.05) is 12.1 Å². The van der Waals surface area contributed by atoms with Crippen LogP contribution in [0.15, 0.2) is 48.5 Å². The largest absolute Gasteiger partial charge is 0.326 e. The van der Waals surface area contributed by atoms with Crippen molar-refractivity contribution in [3.63, 3.8) is 0 Å². The Morgan fingerprint density at radius 2 is 1.40 bits per heavy atom. The molecule has 2 aromatic carbocycles. The molecule has 0 aliphatic rings.